The Morgan fingerprint density at radius 2 is 1.84 bits per heavy atom. The summed E-state index contributed by atoms with van der Waals surface area (Å²) >= 11 is 0. The third-order valence-electron chi connectivity index (χ3n) is 7.21. The van der Waals surface area contributed by atoms with Crippen LogP contribution in [0.15, 0.2) is 42.7 Å². The molecule has 0 N–H and O–H groups in total. The van der Waals surface area contributed by atoms with Crippen molar-refractivity contribution in [3.63, 3.8) is 0 Å². The van der Waals surface area contributed by atoms with Gasteiger partial charge in [-0.25, -0.2) is 4.98 Å². The molecule has 2 aromatic rings. The lowest BCUT2D eigenvalue weighted by Gasteiger charge is -2.36. The molecular weight excluding hydrogens is 400 g/mol. The number of carbonyl (C=O) groups excluding carboxylic acids is 2. The molecular formula is C26H36N4O2. The van der Waals surface area contributed by atoms with Crippen LogP contribution in [0.25, 0.3) is 0 Å². The first-order valence-corrected chi connectivity index (χ1v) is 12.2. The van der Waals surface area contributed by atoms with Gasteiger partial charge in [-0.15, -0.1) is 0 Å². The van der Waals surface area contributed by atoms with E-state index in [1.807, 2.05) is 36.2 Å². The van der Waals surface area contributed by atoms with Crippen LogP contribution in [0.2, 0.25) is 0 Å². The molecule has 0 spiro atoms. The largest absolute Gasteiger partial charge is 0.343 e. The number of hydrogen-bond acceptors (Lipinski definition) is 3. The van der Waals surface area contributed by atoms with Crippen LogP contribution >= 0.6 is 0 Å². The Labute approximate surface area is 191 Å². The molecule has 1 atom stereocenters. The van der Waals surface area contributed by atoms with E-state index in [0.717, 1.165) is 70.5 Å². The first-order valence-electron chi connectivity index (χ1n) is 12.2. The summed E-state index contributed by atoms with van der Waals surface area (Å²) in [7, 11) is 0. The molecule has 2 fully saturated rings. The summed E-state index contributed by atoms with van der Waals surface area (Å²) in [6.07, 6.45) is 10.3. The molecule has 2 aliphatic heterocycles. The van der Waals surface area contributed by atoms with Gasteiger partial charge in [0.1, 0.15) is 5.82 Å². The molecule has 1 aromatic carbocycles. The minimum absolute atomic E-state index is 0.114. The predicted octanol–water partition coefficient (Wildman–Crippen LogP) is 4.04. The predicted molar refractivity (Wildman–Crippen MR) is 125 cm³/mol. The van der Waals surface area contributed by atoms with Crippen LogP contribution in [-0.4, -0.2) is 50.8 Å². The van der Waals surface area contributed by atoms with Crippen LogP contribution in [-0.2, 0) is 22.7 Å². The highest BCUT2D eigenvalue weighted by Crippen LogP contribution is 2.33. The topological polar surface area (TPSA) is 58.4 Å². The highest BCUT2D eigenvalue weighted by atomic mass is 16.2. The lowest BCUT2D eigenvalue weighted by Crippen LogP contribution is -2.43. The number of imidazole rings is 1. The zero-order valence-corrected chi connectivity index (χ0v) is 19.3. The fourth-order valence-corrected chi connectivity index (χ4v) is 5.28. The lowest BCUT2D eigenvalue weighted by atomic mass is 9.81. The van der Waals surface area contributed by atoms with E-state index in [-0.39, 0.29) is 11.8 Å². The van der Waals surface area contributed by atoms with Crippen LogP contribution in [0, 0.1) is 18.8 Å². The molecule has 2 saturated heterocycles. The van der Waals surface area contributed by atoms with Crippen molar-refractivity contribution in [3.05, 3.63) is 54.1 Å². The summed E-state index contributed by atoms with van der Waals surface area (Å²) in [5.74, 6) is 2.08. The number of benzene rings is 1. The minimum atomic E-state index is 0.114. The number of hydrogen-bond donors (Lipinski definition) is 0. The van der Waals surface area contributed by atoms with Crippen molar-refractivity contribution in [1.82, 2.24) is 19.4 Å². The SMILES string of the molecule is Cc1nccn1CCCC(=O)N1CCC([C@H]2CCCCN(Cc3ccccc3)C2=O)CC1. The van der Waals surface area contributed by atoms with Gasteiger partial charge in [0.15, 0.2) is 0 Å². The zero-order chi connectivity index (χ0) is 22.3. The number of piperidine rings is 1. The van der Waals surface area contributed by atoms with Gasteiger partial charge in [0.05, 0.1) is 0 Å². The molecule has 2 aliphatic rings. The third-order valence-corrected chi connectivity index (χ3v) is 7.21. The molecule has 172 valence electrons. The number of carbonyl (C=O) groups is 2. The second-order valence-corrected chi connectivity index (χ2v) is 9.34. The Balaban J connectivity index is 1.26. The first-order chi connectivity index (χ1) is 15.6. The van der Waals surface area contributed by atoms with E-state index in [2.05, 4.69) is 26.6 Å². The second-order valence-electron chi connectivity index (χ2n) is 9.34. The highest BCUT2D eigenvalue weighted by Gasteiger charge is 2.35. The fourth-order valence-electron chi connectivity index (χ4n) is 5.28. The van der Waals surface area contributed by atoms with Gasteiger partial charge in [-0.2, -0.15) is 0 Å². The standard InChI is InChI=1S/C26H36N4O2/c1-21-27-14-19-28(21)16-7-11-25(31)29-17-12-23(13-18-29)24-10-5-6-15-30(26(24)32)20-22-8-3-2-4-9-22/h2-4,8-9,14,19,23-24H,5-7,10-13,15-18,20H2,1H3/t24-/m1/s1. The van der Waals surface area contributed by atoms with E-state index in [1.54, 1.807) is 6.20 Å². The molecule has 2 amide bonds. The molecule has 3 heterocycles. The van der Waals surface area contributed by atoms with Gasteiger partial charge in [0, 0.05) is 57.5 Å². The second kappa shape index (κ2) is 10.8. The minimum Gasteiger partial charge on any atom is -0.343 e. The number of likely N-dealkylation sites (tertiary alicyclic amines) is 2. The van der Waals surface area contributed by atoms with E-state index in [9.17, 15) is 9.59 Å². The number of rotatable bonds is 7. The van der Waals surface area contributed by atoms with Crippen molar-refractivity contribution in [2.24, 2.45) is 11.8 Å². The number of nitrogens with zero attached hydrogens (tertiary/aromatic N) is 4. The van der Waals surface area contributed by atoms with Crippen molar-refractivity contribution < 1.29 is 9.59 Å². The fraction of sp³-hybridized carbons (Fsp3) is 0.577. The Morgan fingerprint density at radius 1 is 1.06 bits per heavy atom. The summed E-state index contributed by atoms with van der Waals surface area (Å²) in [4.78, 5) is 34.4. The smallest absolute Gasteiger partial charge is 0.226 e. The van der Waals surface area contributed by atoms with Gasteiger partial charge >= 0.3 is 0 Å². The van der Waals surface area contributed by atoms with Crippen molar-refractivity contribution >= 4 is 11.8 Å². The van der Waals surface area contributed by atoms with E-state index >= 15 is 0 Å². The van der Waals surface area contributed by atoms with Crippen LogP contribution in [0.3, 0.4) is 0 Å². The van der Waals surface area contributed by atoms with Crippen molar-refractivity contribution in [3.8, 4) is 0 Å². The summed E-state index contributed by atoms with van der Waals surface area (Å²) in [5, 5.41) is 0. The number of aryl methyl sites for hydroxylation is 2. The number of amides is 2. The average Bonchev–Trinajstić information content (AvgIpc) is 3.14. The average molecular weight is 437 g/mol. The molecule has 0 bridgehead atoms. The van der Waals surface area contributed by atoms with E-state index in [4.69, 9.17) is 0 Å². The third kappa shape index (κ3) is 5.59. The summed E-state index contributed by atoms with van der Waals surface area (Å²) in [6.45, 7) is 5.97. The Bertz CT molecular complexity index is 886. The Kier molecular flexibility index (Phi) is 7.61. The quantitative estimate of drug-likeness (QED) is 0.658. The zero-order valence-electron chi connectivity index (χ0n) is 19.3. The number of aromatic nitrogens is 2. The summed E-state index contributed by atoms with van der Waals surface area (Å²) in [5.41, 5.74) is 1.20. The monoisotopic (exact) mass is 436 g/mol. The van der Waals surface area contributed by atoms with Gasteiger partial charge in [0.25, 0.3) is 0 Å². The van der Waals surface area contributed by atoms with E-state index < -0.39 is 0 Å². The first kappa shape index (κ1) is 22.6. The molecule has 4 rings (SSSR count). The highest BCUT2D eigenvalue weighted by molar-refractivity contribution is 5.79. The van der Waals surface area contributed by atoms with E-state index in [1.165, 1.54) is 5.56 Å². The van der Waals surface area contributed by atoms with Gasteiger partial charge in [-0.05, 0) is 50.5 Å². The van der Waals surface area contributed by atoms with Gasteiger partial charge in [0.2, 0.25) is 11.8 Å². The lowest BCUT2D eigenvalue weighted by molar-refractivity contribution is -0.139. The Hall–Kier alpha value is -2.63. The molecule has 1 aromatic heterocycles. The van der Waals surface area contributed by atoms with Gasteiger partial charge in [-0.3, -0.25) is 9.59 Å². The van der Waals surface area contributed by atoms with Crippen LogP contribution < -0.4 is 0 Å². The van der Waals surface area contributed by atoms with Crippen molar-refractivity contribution in [2.75, 3.05) is 19.6 Å². The molecule has 0 aliphatic carbocycles. The van der Waals surface area contributed by atoms with Gasteiger partial charge < -0.3 is 14.4 Å². The Morgan fingerprint density at radius 3 is 2.56 bits per heavy atom. The molecule has 6 heteroatoms. The molecule has 0 unspecified atom stereocenters. The van der Waals surface area contributed by atoms with Crippen LogP contribution in [0.4, 0.5) is 0 Å². The van der Waals surface area contributed by atoms with Crippen LogP contribution in [0.5, 0.6) is 0 Å². The molecule has 0 saturated carbocycles. The summed E-state index contributed by atoms with van der Waals surface area (Å²) in [6, 6.07) is 10.3. The molecule has 6 nitrogen and oxygen atoms in total. The maximum atomic E-state index is 13.4. The van der Waals surface area contributed by atoms with Crippen molar-refractivity contribution in [1.29, 1.82) is 0 Å². The van der Waals surface area contributed by atoms with Crippen LogP contribution in [0.1, 0.15) is 56.3 Å². The van der Waals surface area contributed by atoms with E-state index in [0.29, 0.717) is 24.8 Å². The normalized spacial score (nSPS) is 20.4. The molecule has 0 radical (unpaired) electrons. The van der Waals surface area contributed by atoms with Crippen molar-refractivity contribution in [2.45, 2.75) is 65.0 Å². The maximum Gasteiger partial charge on any atom is 0.226 e. The molecule has 32 heavy (non-hydrogen) atoms. The maximum absolute atomic E-state index is 13.4. The van der Waals surface area contributed by atoms with Gasteiger partial charge in [-0.1, -0.05) is 36.8 Å². The summed E-state index contributed by atoms with van der Waals surface area (Å²) < 4.78 is 2.10.